The highest BCUT2D eigenvalue weighted by atomic mass is 16.5. The third-order valence-corrected chi connectivity index (χ3v) is 5.32. The van der Waals surface area contributed by atoms with Crippen molar-refractivity contribution in [3.8, 4) is 17.1 Å². The Morgan fingerprint density at radius 3 is 2.68 bits per heavy atom. The SMILES string of the molecule is CCOc1nc2c(C(O)(C(=O)CC)c3ccccn3)cc(-c3c(C)noc3C)cc2[nH]1. The van der Waals surface area contributed by atoms with Gasteiger partial charge in [-0.15, -0.1) is 0 Å². The Morgan fingerprint density at radius 2 is 2.06 bits per heavy atom. The van der Waals surface area contributed by atoms with Crippen LogP contribution < -0.4 is 4.74 Å². The summed E-state index contributed by atoms with van der Waals surface area (Å²) in [5.74, 6) is 0.250. The fourth-order valence-corrected chi connectivity index (χ4v) is 3.88. The summed E-state index contributed by atoms with van der Waals surface area (Å²) in [6.45, 7) is 7.65. The number of H-pyrrole nitrogens is 1. The largest absolute Gasteiger partial charge is 0.465 e. The van der Waals surface area contributed by atoms with Gasteiger partial charge in [0.2, 0.25) is 0 Å². The Bertz CT molecular complexity index is 1230. The Balaban J connectivity index is 2.08. The maximum absolute atomic E-state index is 13.2. The van der Waals surface area contributed by atoms with Gasteiger partial charge in [0.05, 0.1) is 29.0 Å². The number of hydrogen-bond donors (Lipinski definition) is 2. The van der Waals surface area contributed by atoms with Crippen LogP contribution in [0.4, 0.5) is 0 Å². The molecule has 0 bridgehead atoms. The van der Waals surface area contributed by atoms with Gasteiger partial charge in [-0.2, -0.15) is 4.98 Å². The number of ether oxygens (including phenoxy) is 1. The van der Waals surface area contributed by atoms with Crippen molar-refractivity contribution in [2.75, 3.05) is 6.61 Å². The second kappa shape index (κ2) is 7.96. The summed E-state index contributed by atoms with van der Waals surface area (Å²) in [5.41, 5.74) is 1.88. The van der Waals surface area contributed by atoms with Crippen molar-refractivity contribution in [1.82, 2.24) is 20.1 Å². The second-order valence-corrected chi connectivity index (χ2v) is 7.30. The quantitative estimate of drug-likeness (QED) is 0.467. The van der Waals surface area contributed by atoms with E-state index in [0.29, 0.717) is 40.7 Å². The lowest BCUT2D eigenvalue weighted by Crippen LogP contribution is -2.37. The van der Waals surface area contributed by atoms with Crippen LogP contribution in [0.25, 0.3) is 22.2 Å². The van der Waals surface area contributed by atoms with Gasteiger partial charge < -0.3 is 19.4 Å². The van der Waals surface area contributed by atoms with E-state index in [1.54, 1.807) is 37.4 Å². The Morgan fingerprint density at radius 1 is 1.26 bits per heavy atom. The van der Waals surface area contributed by atoms with E-state index in [2.05, 4.69) is 20.1 Å². The topological polar surface area (TPSA) is 114 Å². The van der Waals surface area contributed by atoms with Crippen LogP contribution in [0.15, 0.2) is 41.1 Å². The van der Waals surface area contributed by atoms with E-state index in [-0.39, 0.29) is 17.9 Å². The van der Waals surface area contributed by atoms with Gasteiger partial charge >= 0.3 is 0 Å². The lowest BCUT2D eigenvalue weighted by Gasteiger charge is -2.27. The molecule has 1 atom stereocenters. The molecule has 4 rings (SSSR count). The first-order valence-electron chi connectivity index (χ1n) is 10.2. The third kappa shape index (κ3) is 3.38. The number of nitrogens with zero attached hydrogens (tertiary/aromatic N) is 3. The summed E-state index contributed by atoms with van der Waals surface area (Å²) in [5, 5.41) is 15.9. The molecule has 0 radical (unpaired) electrons. The summed E-state index contributed by atoms with van der Waals surface area (Å²) in [6.07, 6.45) is 1.67. The molecule has 0 amide bonds. The van der Waals surface area contributed by atoms with Gasteiger partial charge in [-0.3, -0.25) is 9.78 Å². The fraction of sp³-hybridized carbons (Fsp3) is 0.304. The minimum absolute atomic E-state index is 0.118. The van der Waals surface area contributed by atoms with Crippen LogP contribution >= 0.6 is 0 Å². The smallest absolute Gasteiger partial charge is 0.294 e. The Kier molecular flexibility index (Phi) is 5.32. The minimum atomic E-state index is -1.98. The van der Waals surface area contributed by atoms with Gasteiger partial charge in [0.1, 0.15) is 5.76 Å². The van der Waals surface area contributed by atoms with Crippen LogP contribution in [-0.4, -0.2) is 37.6 Å². The molecule has 4 aromatic rings. The zero-order valence-corrected chi connectivity index (χ0v) is 17.9. The lowest BCUT2D eigenvalue weighted by molar-refractivity contribution is -0.134. The van der Waals surface area contributed by atoms with Gasteiger partial charge in [-0.1, -0.05) is 18.1 Å². The lowest BCUT2D eigenvalue weighted by atomic mass is 9.82. The Hall–Kier alpha value is -3.52. The van der Waals surface area contributed by atoms with Crippen molar-refractivity contribution in [2.45, 2.75) is 39.7 Å². The van der Waals surface area contributed by atoms with Crippen molar-refractivity contribution in [3.05, 3.63) is 59.2 Å². The number of imidazole rings is 1. The number of benzene rings is 1. The fourth-order valence-electron chi connectivity index (χ4n) is 3.88. The van der Waals surface area contributed by atoms with E-state index in [9.17, 15) is 9.90 Å². The molecule has 8 heteroatoms. The number of aliphatic hydroxyl groups is 1. The number of carbonyl (C=O) groups excluding carboxylic acids is 1. The number of hydrogen-bond acceptors (Lipinski definition) is 7. The van der Waals surface area contributed by atoms with Crippen molar-refractivity contribution < 1.29 is 19.2 Å². The normalized spacial score (nSPS) is 13.3. The van der Waals surface area contributed by atoms with Gasteiger partial charge in [-0.05, 0) is 50.6 Å². The number of carbonyl (C=O) groups is 1. The molecule has 31 heavy (non-hydrogen) atoms. The maximum atomic E-state index is 13.2. The molecule has 3 aromatic heterocycles. The molecule has 0 aliphatic heterocycles. The van der Waals surface area contributed by atoms with Crippen LogP contribution in [0.2, 0.25) is 0 Å². The summed E-state index contributed by atoms with van der Waals surface area (Å²) < 4.78 is 10.9. The van der Waals surface area contributed by atoms with Crippen LogP contribution in [0.5, 0.6) is 6.01 Å². The average Bonchev–Trinajstić information content (AvgIpc) is 3.34. The van der Waals surface area contributed by atoms with Gasteiger partial charge in [0.25, 0.3) is 6.01 Å². The van der Waals surface area contributed by atoms with E-state index in [1.807, 2.05) is 26.8 Å². The molecule has 0 saturated carbocycles. The van der Waals surface area contributed by atoms with E-state index in [4.69, 9.17) is 9.26 Å². The summed E-state index contributed by atoms with van der Waals surface area (Å²) >= 11 is 0. The number of nitrogens with one attached hydrogen (secondary N) is 1. The number of pyridine rings is 1. The van der Waals surface area contributed by atoms with E-state index in [0.717, 1.165) is 11.1 Å². The van der Waals surface area contributed by atoms with Crippen LogP contribution in [0.1, 0.15) is 43.0 Å². The first-order chi connectivity index (χ1) is 14.9. The molecular formula is C23H24N4O4. The van der Waals surface area contributed by atoms with E-state index >= 15 is 0 Å². The molecule has 3 heterocycles. The molecule has 0 saturated heterocycles. The second-order valence-electron chi connectivity index (χ2n) is 7.30. The molecule has 1 aromatic carbocycles. The summed E-state index contributed by atoms with van der Waals surface area (Å²) in [4.78, 5) is 25.1. The number of aryl methyl sites for hydroxylation is 2. The van der Waals surface area contributed by atoms with Crippen molar-refractivity contribution in [2.24, 2.45) is 0 Å². The standard InChI is InChI=1S/C23H24N4O4/c1-5-19(28)23(29,18-9-7-8-10-24-18)16-11-15(20-13(3)27-31-14(20)4)12-17-21(16)26-22(25-17)30-6-2/h7-12,29H,5-6H2,1-4H3,(H,25,26). The predicted molar refractivity (Wildman–Crippen MR) is 115 cm³/mol. The molecule has 0 spiro atoms. The van der Waals surface area contributed by atoms with Crippen LogP contribution in [0, 0.1) is 13.8 Å². The number of ketones is 1. The predicted octanol–water partition coefficient (Wildman–Crippen LogP) is 3.84. The maximum Gasteiger partial charge on any atom is 0.294 e. The van der Waals surface area contributed by atoms with Crippen molar-refractivity contribution in [1.29, 1.82) is 0 Å². The molecule has 160 valence electrons. The summed E-state index contributed by atoms with van der Waals surface area (Å²) in [6, 6.07) is 9.06. The van der Waals surface area contributed by atoms with Gasteiger partial charge in [-0.25, -0.2) is 0 Å². The minimum Gasteiger partial charge on any atom is -0.465 e. The highest BCUT2D eigenvalue weighted by Crippen LogP contribution is 2.39. The van der Waals surface area contributed by atoms with Crippen molar-refractivity contribution >= 4 is 16.8 Å². The third-order valence-electron chi connectivity index (χ3n) is 5.32. The van der Waals surface area contributed by atoms with Gasteiger partial charge in [0, 0.05) is 23.7 Å². The van der Waals surface area contributed by atoms with Crippen LogP contribution in [0.3, 0.4) is 0 Å². The molecule has 0 aliphatic carbocycles. The number of Topliss-reactive ketones (excluding diaryl/α,β-unsaturated/α-hetero) is 1. The molecule has 0 aliphatic rings. The highest BCUT2D eigenvalue weighted by molar-refractivity contribution is 5.97. The molecule has 0 fully saturated rings. The Labute approximate surface area is 179 Å². The molecular weight excluding hydrogens is 396 g/mol. The van der Waals surface area contributed by atoms with E-state index < -0.39 is 5.60 Å². The number of aromatic nitrogens is 4. The highest BCUT2D eigenvalue weighted by Gasteiger charge is 2.42. The van der Waals surface area contributed by atoms with E-state index in [1.165, 1.54) is 0 Å². The monoisotopic (exact) mass is 420 g/mol. The first kappa shape index (κ1) is 20.7. The van der Waals surface area contributed by atoms with Gasteiger partial charge in [0.15, 0.2) is 11.4 Å². The first-order valence-corrected chi connectivity index (χ1v) is 10.2. The zero-order chi connectivity index (χ0) is 22.2. The average molecular weight is 420 g/mol. The zero-order valence-electron chi connectivity index (χ0n) is 17.9. The summed E-state index contributed by atoms with van der Waals surface area (Å²) in [7, 11) is 0. The molecule has 2 N–H and O–H groups in total. The number of aromatic amines is 1. The van der Waals surface area contributed by atoms with Crippen molar-refractivity contribution in [3.63, 3.8) is 0 Å². The number of rotatable bonds is 7. The number of fused-ring (bicyclic) bond motifs is 1. The molecule has 8 nitrogen and oxygen atoms in total. The molecule has 1 unspecified atom stereocenters. The van der Waals surface area contributed by atoms with Crippen LogP contribution in [-0.2, 0) is 10.4 Å².